The number of phenolic OH excluding ortho intramolecular Hbond substituents is 1. The van der Waals surface area contributed by atoms with Gasteiger partial charge in [-0.1, -0.05) is 43.2 Å². The highest BCUT2D eigenvalue weighted by molar-refractivity contribution is 5.91. The topological polar surface area (TPSA) is 106 Å². The van der Waals surface area contributed by atoms with Gasteiger partial charge in [0.2, 0.25) is 0 Å². The van der Waals surface area contributed by atoms with Crippen LogP contribution in [0.25, 0.3) is 0 Å². The minimum absolute atomic E-state index is 0.0277. The molecule has 3 fully saturated rings. The summed E-state index contributed by atoms with van der Waals surface area (Å²) in [6.45, 7) is 8.17. The number of phenols is 1. The summed E-state index contributed by atoms with van der Waals surface area (Å²) in [4.78, 5) is 48.4. The number of carbonyl (C=O) groups excluding carboxylic acids is 3. The van der Waals surface area contributed by atoms with Crippen molar-refractivity contribution in [2.75, 3.05) is 51.1 Å². The van der Waals surface area contributed by atoms with E-state index >= 15 is 0 Å². The minimum Gasteiger partial charge on any atom is -0.507 e. The number of urea groups is 1. The molecular weight excluding hydrogens is 570 g/mol. The third-order valence-electron chi connectivity index (χ3n) is 10.3. The highest BCUT2D eigenvalue weighted by Gasteiger charge is 2.36. The third-order valence-corrected chi connectivity index (χ3v) is 10.3. The number of aromatic hydroxyl groups is 1. The number of piperazine rings is 1. The molecule has 242 valence electrons. The van der Waals surface area contributed by atoms with Gasteiger partial charge in [0.1, 0.15) is 5.75 Å². The zero-order valence-electron chi connectivity index (χ0n) is 26.7. The zero-order chi connectivity index (χ0) is 31.5. The van der Waals surface area contributed by atoms with Crippen LogP contribution < -0.4 is 5.32 Å². The number of amides is 4. The predicted octanol–water partition coefficient (Wildman–Crippen LogP) is 4.70. The van der Waals surface area contributed by atoms with Crippen LogP contribution in [-0.4, -0.2) is 107 Å². The summed E-state index contributed by atoms with van der Waals surface area (Å²) in [5.41, 5.74) is 4.31. The first kappa shape index (κ1) is 31.2. The number of nitrogens with one attached hydrogen (secondary N) is 1. The van der Waals surface area contributed by atoms with Gasteiger partial charge in [-0.05, 0) is 74.3 Å². The Morgan fingerprint density at radius 3 is 2.24 bits per heavy atom. The van der Waals surface area contributed by atoms with Crippen molar-refractivity contribution < 1.29 is 24.2 Å². The van der Waals surface area contributed by atoms with Crippen LogP contribution in [0.3, 0.4) is 0 Å². The molecule has 0 aromatic heterocycles. The van der Waals surface area contributed by atoms with Gasteiger partial charge in [-0.25, -0.2) is 9.59 Å². The summed E-state index contributed by atoms with van der Waals surface area (Å²) in [5.74, 6) is 0.0833. The number of nitrogens with zero attached hydrogens (tertiary/aromatic N) is 4. The number of ether oxygens (including phenoxy) is 1. The number of carbonyl (C=O) groups is 3. The van der Waals surface area contributed by atoms with E-state index in [0.29, 0.717) is 51.6 Å². The molecule has 1 aliphatic carbocycles. The van der Waals surface area contributed by atoms with Gasteiger partial charge >= 0.3 is 12.1 Å². The van der Waals surface area contributed by atoms with Gasteiger partial charge in [-0.2, -0.15) is 0 Å². The zero-order valence-corrected chi connectivity index (χ0v) is 26.7. The van der Waals surface area contributed by atoms with Crippen LogP contribution in [0.1, 0.15) is 60.8 Å². The Balaban J connectivity index is 1.09. The molecule has 2 aromatic rings. The second-order valence-corrected chi connectivity index (χ2v) is 13.2. The van der Waals surface area contributed by atoms with E-state index in [-0.39, 0.29) is 30.2 Å². The van der Waals surface area contributed by atoms with Crippen molar-refractivity contribution in [1.82, 2.24) is 19.6 Å². The molecule has 3 aliphatic heterocycles. The smallest absolute Gasteiger partial charge is 0.410 e. The molecule has 10 heteroatoms. The Kier molecular flexibility index (Phi) is 9.49. The van der Waals surface area contributed by atoms with Gasteiger partial charge in [0, 0.05) is 70.0 Å². The fraction of sp³-hybridized carbons (Fsp3) is 0.571. The van der Waals surface area contributed by atoms with E-state index in [1.807, 2.05) is 60.0 Å². The molecule has 4 amide bonds. The van der Waals surface area contributed by atoms with E-state index in [1.165, 1.54) is 25.7 Å². The molecule has 2 aromatic carbocycles. The molecule has 0 bridgehead atoms. The molecule has 2 N–H and O–H groups in total. The molecule has 4 aliphatic rings. The lowest BCUT2D eigenvalue weighted by Gasteiger charge is -2.40. The standard InChI is InChI=1S/C35H47N5O5/c1-24-21-26(22-25(2)32(24)41)23-31(33(42)38-19-17-37(18-20-38)28-8-4-5-9-28)45-35(44)39-14-12-29(13-15-39)40-16-11-27-7-3-6-10-30(27)36-34(40)43/h3,6-7,10,21-22,28-29,31,41H,4-5,8-9,11-20,23H2,1-2H3,(H,36,43)/t31-/m1/s1. The van der Waals surface area contributed by atoms with E-state index in [1.54, 1.807) is 4.90 Å². The van der Waals surface area contributed by atoms with E-state index in [0.717, 1.165) is 47.5 Å². The van der Waals surface area contributed by atoms with Gasteiger partial charge in [-0.15, -0.1) is 0 Å². The number of fused-ring (bicyclic) bond motifs is 1. The highest BCUT2D eigenvalue weighted by atomic mass is 16.6. The lowest BCUT2D eigenvalue weighted by Crippen LogP contribution is -2.55. The van der Waals surface area contributed by atoms with Crippen LogP contribution >= 0.6 is 0 Å². The molecule has 0 spiro atoms. The fourth-order valence-electron chi connectivity index (χ4n) is 7.63. The van der Waals surface area contributed by atoms with E-state index in [2.05, 4.69) is 10.2 Å². The molecule has 1 atom stereocenters. The summed E-state index contributed by atoms with van der Waals surface area (Å²) in [7, 11) is 0. The Morgan fingerprint density at radius 1 is 0.889 bits per heavy atom. The van der Waals surface area contributed by atoms with Gasteiger partial charge in [0.25, 0.3) is 5.91 Å². The molecule has 0 radical (unpaired) electrons. The summed E-state index contributed by atoms with van der Waals surface area (Å²) < 4.78 is 6.04. The monoisotopic (exact) mass is 617 g/mol. The fourth-order valence-corrected chi connectivity index (χ4v) is 7.63. The molecule has 6 rings (SSSR count). The van der Waals surface area contributed by atoms with Crippen molar-refractivity contribution in [2.24, 2.45) is 0 Å². The molecule has 0 unspecified atom stereocenters. The average molecular weight is 618 g/mol. The average Bonchev–Trinajstić information content (AvgIpc) is 3.53. The van der Waals surface area contributed by atoms with Crippen LogP contribution in [0.2, 0.25) is 0 Å². The van der Waals surface area contributed by atoms with Crippen LogP contribution in [0.15, 0.2) is 36.4 Å². The normalized spacial score (nSPS) is 20.8. The van der Waals surface area contributed by atoms with Crippen LogP contribution in [0.4, 0.5) is 15.3 Å². The Morgan fingerprint density at radius 2 is 1.56 bits per heavy atom. The highest BCUT2D eigenvalue weighted by Crippen LogP contribution is 2.28. The molecule has 3 heterocycles. The minimum atomic E-state index is -0.952. The Hall–Kier alpha value is -3.79. The summed E-state index contributed by atoms with van der Waals surface area (Å²) in [6, 6.07) is 12.2. The molecule has 10 nitrogen and oxygen atoms in total. The van der Waals surface area contributed by atoms with Crippen molar-refractivity contribution >= 4 is 23.7 Å². The van der Waals surface area contributed by atoms with Gasteiger partial charge in [-0.3, -0.25) is 9.69 Å². The summed E-state index contributed by atoms with van der Waals surface area (Å²) in [6.07, 6.45) is 5.93. The molecule has 45 heavy (non-hydrogen) atoms. The van der Waals surface area contributed by atoms with Gasteiger partial charge in [0.05, 0.1) is 0 Å². The van der Waals surface area contributed by atoms with E-state index in [9.17, 15) is 19.5 Å². The predicted molar refractivity (Wildman–Crippen MR) is 172 cm³/mol. The van der Waals surface area contributed by atoms with Crippen molar-refractivity contribution in [3.63, 3.8) is 0 Å². The third kappa shape index (κ3) is 7.06. The van der Waals surface area contributed by atoms with Crippen molar-refractivity contribution in [3.05, 3.63) is 58.7 Å². The second-order valence-electron chi connectivity index (χ2n) is 13.2. The maximum Gasteiger partial charge on any atom is 0.410 e. The number of rotatable bonds is 6. The van der Waals surface area contributed by atoms with Crippen LogP contribution in [0.5, 0.6) is 5.75 Å². The second kappa shape index (κ2) is 13.7. The maximum atomic E-state index is 13.9. The number of piperidine rings is 1. The van der Waals surface area contributed by atoms with Gasteiger partial charge < -0.3 is 29.9 Å². The first-order chi connectivity index (χ1) is 21.8. The van der Waals surface area contributed by atoms with Crippen molar-refractivity contribution in [2.45, 2.75) is 83.4 Å². The largest absolute Gasteiger partial charge is 0.507 e. The van der Waals surface area contributed by atoms with Gasteiger partial charge in [0.15, 0.2) is 6.10 Å². The quantitative estimate of drug-likeness (QED) is 0.487. The lowest BCUT2D eigenvalue weighted by atomic mass is 10.0. The lowest BCUT2D eigenvalue weighted by molar-refractivity contribution is -0.143. The summed E-state index contributed by atoms with van der Waals surface area (Å²) in [5, 5.41) is 13.3. The first-order valence-electron chi connectivity index (χ1n) is 16.7. The number of anilines is 1. The van der Waals surface area contributed by atoms with E-state index in [4.69, 9.17) is 4.74 Å². The first-order valence-corrected chi connectivity index (χ1v) is 16.7. The maximum absolute atomic E-state index is 13.9. The van der Waals surface area contributed by atoms with Crippen molar-refractivity contribution in [3.8, 4) is 5.75 Å². The Bertz CT molecular complexity index is 1370. The number of likely N-dealkylation sites (tertiary alicyclic amines) is 1. The number of hydrogen-bond acceptors (Lipinski definition) is 6. The van der Waals surface area contributed by atoms with Crippen molar-refractivity contribution in [1.29, 1.82) is 0 Å². The number of para-hydroxylation sites is 1. The summed E-state index contributed by atoms with van der Waals surface area (Å²) >= 11 is 0. The Labute approximate surface area is 266 Å². The molecular formula is C35H47N5O5. The number of aryl methyl sites for hydroxylation is 2. The SMILES string of the molecule is Cc1cc(C[C@@H](OC(=O)N2CCC(N3CCc4ccccc4NC3=O)CC2)C(=O)N2CCN(C3CCCC3)CC2)cc(C)c1O. The molecule has 2 saturated heterocycles. The number of hydrogen-bond donors (Lipinski definition) is 2. The number of benzene rings is 2. The van der Waals surface area contributed by atoms with Crippen LogP contribution in [0, 0.1) is 13.8 Å². The van der Waals surface area contributed by atoms with Crippen LogP contribution in [-0.2, 0) is 22.4 Å². The molecule has 1 saturated carbocycles. The van der Waals surface area contributed by atoms with E-state index < -0.39 is 12.2 Å².